The van der Waals surface area contributed by atoms with Gasteiger partial charge in [-0.1, -0.05) is 54.6 Å². The number of rotatable bonds is 9. The van der Waals surface area contributed by atoms with Gasteiger partial charge in [-0.3, -0.25) is 4.79 Å². The van der Waals surface area contributed by atoms with Crippen molar-refractivity contribution in [3.63, 3.8) is 0 Å². The van der Waals surface area contributed by atoms with Gasteiger partial charge in [0, 0.05) is 13.0 Å². The zero-order chi connectivity index (χ0) is 20.5. The Hall–Kier alpha value is -3.55. The summed E-state index contributed by atoms with van der Waals surface area (Å²) < 4.78 is 6.56. The zero-order valence-electron chi connectivity index (χ0n) is 16.2. The van der Waals surface area contributed by atoms with E-state index in [0.717, 1.165) is 5.56 Å². The van der Waals surface area contributed by atoms with Gasteiger partial charge in [0.1, 0.15) is 6.33 Å². The molecule has 1 heterocycles. The Morgan fingerprint density at radius 1 is 1.10 bits per heavy atom. The maximum absolute atomic E-state index is 12.6. The van der Waals surface area contributed by atoms with E-state index >= 15 is 0 Å². The molecule has 1 aromatic heterocycles. The third kappa shape index (κ3) is 5.97. The molecule has 0 aliphatic carbocycles. The van der Waals surface area contributed by atoms with Gasteiger partial charge in [-0.25, -0.2) is 9.48 Å². The summed E-state index contributed by atoms with van der Waals surface area (Å²) in [4.78, 5) is 24.6. The van der Waals surface area contributed by atoms with Crippen molar-refractivity contribution in [1.82, 2.24) is 25.5 Å². The van der Waals surface area contributed by atoms with Gasteiger partial charge >= 0.3 is 5.97 Å². The molecule has 1 atom stereocenters. The molecule has 29 heavy (non-hydrogen) atoms. The molecule has 0 aliphatic heterocycles. The lowest BCUT2D eigenvalue weighted by atomic mass is 10.1. The molecule has 1 amide bonds. The minimum absolute atomic E-state index is 0.345. The molecule has 0 saturated heterocycles. The van der Waals surface area contributed by atoms with Crippen molar-refractivity contribution < 1.29 is 14.3 Å². The Balaban J connectivity index is 1.50. The van der Waals surface area contributed by atoms with Gasteiger partial charge in [0.2, 0.25) is 0 Å². The van der Waals surface area contributed by atoms with E-state index in [1.165, 1.54) is 22.1 Å². The van der Waals surface area contributed by atoms with Gasteiger partial charge in [-0.15, -0.1) is 5.10 Å². The van der Waals surface area contributed by atoms with E-state index in [4.69, 9.17) is 4.74 Å². The first-order chi connectivity index (χ1) is 14.1. The fourth-order valence-corrected chi connectivity index (χ4v) is 2.94. The van der Waals surface area contributed by atoms with E-state index in [0.29, 0.717) is 19.4 Å². The van der Waals surface area contributed by atoms with Crippen LogP contribution in [0.3, 0.4) is 0 Å². The van der Waals surface area contributed by atoms with Gasteiger partial charge in [0.15, 0.2) is 12.6 Å². The van der Waals surface area contributed by atoms with Gasteiger partial charge in [-0.2, -0.15) is 0 Å². The van der Waals surface area contributed by atoms with Crippen LogP contribution >= 0.6 is 0 Å². The molecule has 3 rings (SSSR count). The number of esters is 1. The van der Waals surface area contributed by atoms with E-state index in [2.05, 4.69) is 20.8 Å². The van der Waals surface area contributed by atoms with E-state index in [1.807, 2.05) is 61.5 Å². The molecular formula is C21H23N5O3. The van der Waals surface area contributed by atoms with Crippen molar-refractivity contribution in [2.45, 2.75) is 25.8 Å². The second kappa shape index (κ2) is 10.1. The normalized spacial score (nSPS) is 11.6. The molecule has 0 unspecified atom stereocenters. The van der Waals surface area contributed by atoms with Crippen LogP contribution in [0.15, 0.2) is 60.9 Å². The standard InChI is InChI=1S/C21H23N5O3/c1-16-7-5-6-10-18(16)11-12-22-20(27)14-29-21(28)19(26-15-23-24-25-26)13-17-8-3-2-4-9-17/h2-10,15,19H,11-14H2,1H3,(H,22,27)/t19-/m1/s1. The average molecular weight is 393 g/mol. The summed E-state index contributed by atoms with van der Waals surface area (Å²) in [5, 5.41) is 13.7. The highest BCUT2D eigenvalue weighted by Gasteiger charge is 2.24. The van der Waals surface area contributed by atoms with Crippen LogP contribution in [-0.4, -0.2) is 45.2 Å². The van der Waals surface area contributed by atoms with E-state index in [9.17, 15) is 9.59 Å². The second-order valence-electron chi connectivity index (χ2n) is 6.63. The quantitative estimate of drug-likeness (QED) is 0.555. The van der Waals surface area contributed by atoms with Gasteiger partial charge in [-0.05, 0) is 40.5 Å². The van der Waals surface area contributed by atoms with E-state index < -0.39 is 12.0 Å². The zero-order valence-corrected chi connectivity index (χ0v) is 16.2. The Bertz CT molecular complexity index is 929. The molecule has 0 bridgehead atoms. The largest absolute Gasteiger partial charge is 0.454 e. The third-order valence-electron chi connectivity index (χ3n) is 4.55. The maximum Gasteiger partial charge on any atom is 0.331 e. The summed E-state index contributed by atoms with van der Waals surface area (Å²) in [5.41, 5.74) is 3.29. The molecule has 3 aromatic rings. The van der Waals surface area contributed by atoms with Gasteiger partial charge < -0.3 is 10.1 Å². The Morgan fingerprint density at radius 2 is 1.86 bits per heavy atom. The average Bonchev–Trinajstić information content (AvgIpc) is 3.27. The predicted molar refractivity (Wildman–Crippen MR) is 106 cm³/mol. The molecule has 150 valence electrons. The number of hydrogen-bond donors (Lipinski definition) is 1. The number of aromatic nitrogens is 4. The fourth-order valence-electron chi connectivity index (χ4n) is 2.94. The van der Waals surface area contributed by atoms with Crippen LogP contribution < -0.4 is 5.32 Å². The summed E-state index contributed by atoms with van der Waals surface area (Å²) in [7, 11) is 0. The molecule has 8 nitrogen and oxygen atoms in total. The van der Waals surface area contributed by atoms with Crippen molar-refractivity contribution >= 4 is 11.9 Å². The van der Waals surface area contributed by atoms with Gasteiger partial charge in [0.05, 0.1) is 0 Å². The highest BCUT2D eigenvalue weighted by molar-refractivity contribution is 5.81. The van der Waals surface area contributed by atoms with Crippen LogP contribution in [-0.2, 0) is 27.2 Å². The smallest absolute Gasteiger partial charge is 0.331 e. The number of benzene rings is 2. The van der Waals surface area contributed by atoms with Crippen LogP contribution in [0.4, 0.5) is 0 Å². The lowest BCUT2D eigenvalue weighted by molar-refractivity contribution is -0.152. The Kier molecular flexibility index (Phi) is 7.05. The summed E-state index contributed by atoms with van der Waals surface area (Å²) >= 11 is 0. The molecule has 0 saturated carbocycles. The summed E-state index contributed by atoms with van der Waals surface area (Å²) in [6.07, 6.45) is 2.43. The topological polar surface area (TPSA) is 99.0 Å². The molecule has 0 spiro atoms. The van der Waals surface area contributed by atoms with Crippen LogP contribution in [0.5, 0.6) is 0 Å². The molecule has 1 N–H and O–H groups in total. The van der Waals surface area contributed by atoms with Crippen LogP contribution in [0.2, 0.25) is 0 Å². The second-order valence-corrected chi connectivity index (χ2v) is 6.63. The Morgan fingerprint density at radius 3 is 2.59 bits per heavy atom. The van der Waals surface area contributed by atoms with Crippen molar-refractivity contribution in [2.75, 3.05) is 13.2 Å². The number of carbonyl (C=O) groups excluding carboxylic acids is 2. The number of tetrazole rings is 1. The molecule has 8 heteroatoms. The first-order valence-corrected chi connectivity index (χ1v) is 9.37. The number of nitrogens with one attached hydrogen (secondary N) is 1. The van der Waals surface area contributed by atoms with Crippen molar-refractivity contribution in [2.24, 2.45) is 0 Å². The van der Waals surface area contributed by atoms with Crippen molar-refractivity contribution in [1.29, 1.82) is 0 Å². The minimum Gasteiger partial charge on any atom is -0.454 e. The number of ether oxygens (including phenoxy) is 1. The first-order valence-electron chi connectivity index (χ1n) is 9.37. The van der Waals surface area contributed by atoms with Gasteiger partial charge in [0.25, 0.3) is 5.91 Å². The monoisotopic (exact) mass is 393 g/mol. The number of aryl methyl sites for hydroxylation is 1. The molecular weight excluding hydrogens is 370 g/mol. The summed E-state index contributed by atoms with van der Waals surface area (Å²) in [5.74, 6) is -0.905. The third-order valence-corrected chi connectivity index (χ3v) is 4.55. The Labute approximate surface area is 168 Å². The maximum atomic E-state index is 12.6. The SMILES string of the molecule is Cc1ccccc1CCNC(=O)COC(=O)[C@@H](Cc1ccccc1)n1cnnn1. The molecule has 0 fully saturated rings. The first kappa shape index (κ1) is 20.2. The van der Waals surface area contributed by atoms with Crippen molar-refractivity contribution in [3.05, 3.63) is 77.6 Å². The summed E-state index contributed by atoms with van der Waals surface area (Å²) in [6.45, 7) is 2.16. The van der Waals surface area contributed by atoms with Crippen LogP contribution in [0.1, 0.15) is 22.7 Å². The number of amides is 1. The molecule has 0 radical (unpaired) electrons. The molecule has 2 aromatic carbocycles. The summed E-state index contributed by atoms with van der Waals surface area (Å²) in [6, 6.07) is 16.8. The van der Waals surface area contributed by atoms with Crippen LogP contribution in [0.25, 0.3) is 0 Å². The minimum atomic E-state index is -0.743. The highest BCUT2D eigenvalue weighted by Crippen LogP contribution is 2.14. The van der Waals surface area contributed by atoms with Crippen molar-refractivity contribution in [3.8, 4) is 0 Å². The fraction of sp³-hybridized carbons (Fsp3) is 0.286. The molecule has 0 aliphatic rings. The number of nitrogens with zero attached hydrogens (tertiary/aromatic N) is 4. The number of carbonyl (C=O) groups is 2. The lowest BCUT2D eigenvalue weighted by Gasteiger charge is -2.15. The number of hydrogen-bond acceptors (Lipinski definition) is 6. The lowest BCUT2D eigenvalue weighted by Crippen LogP contribution is -2.33. The predicted octanol–water partition coefficient (Wildman–Crippen LogP) is 1.67. The highest BCUT2D eigenvalue weighted by atomic mass is 16.5. The van der Waals surface area contributed by atoms with E-state index in [-0.39, 0.29) is 12.5 Å². The van der Waals surface area contributed by atoms with E-state index in [1.54, 1.807) is 0 Å². The van der Waals surface area contributed by atoms with Crippen LogP contribution in [0, 0.1) is 6.92 Å².